The van der Waals surface area contributed by atoms with E-state index in [9.17, 15) is 23.1 Å². The molecule has 12 heteroatoms. The van der Waals surface area contributed by atoms with Crippen molar-refractivity contribution in [2.45, 2.75) is 24.0 Å². The van der Waals surface area contributed by atoms with Crippen LogP contribution in [0.4, 0.5) is 5.69 Å². The predicted molar refractivity (Wildman–Crippen MR) is 113 cm³/mol. The zero-order valence-electron chi connectivity index (χ0n) is 15.4. The van der Waals surface area contributed by atoms with Crippen LogP contribution in [0.2, 0.25) is 15.1 Å². The first-order chi connectivity index (χ1) is 14.0. The molecule has 0 aliphatic carbocycles. The lowest BCUT2D eigenvalue weighted by Gasteiger charge is -2.20. The van der Waals surface area contributed by atoms with Crippen LogP contribution in [0.25, 0.3) is 0 Å². The van der Waals surface area contributed by atoms with Crippen LogP contribution in [0.15, 0.2) is 47.4 Å². The van der Waals surface area contributed by atoms with E-state index in [4.69, 9.17) is 39.5 Å². The summed E-state index contributed by atoms with van der Waals surface area (Å²) in [6.45, 7) is 0.467. The quantitative estimate of drug-likeness (QED) is 0.484. The van der Waals surface area contributed by atoms with E-state index in [1.165, 1.54) is 19.1 Å². The highest BCUT2D eigenvalue weighted by Gasteiger charge is 2.31. The SMILES string of the molecule is CC(O)C(NS(=O)(=O)c1ccc(Cl)c(Cl)c1)C(=O)OCC(=O)Nc1ccccc1Cl. The maximum absolute atomic E-state index is 12.5. The van der Waals surface area contributed by atoms with Crippen molar-refractivity contribution in [1.29, 1.82) is 0 Å². The lowest BCUT2D eigenvalue weighted by atomic mass is 10.2. The molecule has 2 unspecified atom stereocenters. The molecule has 0 heterocycles. The largest absolute Gasteiger partial charge is 0.454 e. The number of hydrogen-bond donors (Lipinski definition) is 3. The molecule has 1 amide bonds. The standard InChI is InChI=1S/C18H17Cl3N2O6S/c1-10(24)17(23-30(27,28)11-6-7-12(19)14(21)8-11)18(26)29-9-16(25)22-15-5-3-2-4-13(15)20/h2-8,10,17,23-24H,9H2,1H3,(H,22,25). The Morgan fingerprint density at radius 2 is 1.73 bits per heavy atom. The maximum Gasteiger partial charge on any atom is 0.327 e. The van der Waals surface area contributed by atoms with E-state index < -0.39 is 40.7 Å². The number of benzene rings is 2. The minimum atomic E-state index is -4.25. The number of carbonyl (C=O) groups is 2. The number of carbonyl (C=O) groups excluding carboxylic acids is 2. The zero-order valence-corrected chi connectivity index (χ0v) is 18.5. The first kappa shape index (κ1) is 24.4. The number of ether oxygens (including phenoxy) is 1. The summed E-state index contributed by atoms with van der Waals surface area (Å²) in [5, 5.41) is 12.7. The molecule has 2 rings (SSSR count). The summed E-state index contributed by atoms with van der Waals surface area (Å²) < 4.78 is 31.9. The van der Waals surface area contributed by atoms with E-state index in [1.807, 2.05) is 4.72 Å². The number of esters is 1. The van der Waals surface area contributed by atoms with Gasteiger partial charge in [0.25, 0.3) is 5.91 Å². The van der Waals surface area contributed by atoms with Gasteiger partial charge in [0.2, 0.25) is 10.0 Å². The smallest absolute Gasteiger partial charge is 0.327 e. The molecular formula is C18H17Cl3N2O6S. The lowest BCUT2D eigenvalue weighted by Crippen LogP contribution is -2.48. The second-order valence-electron chi connectivity index (χ2n) is 6.05. The zero-order chi connectivity index (χ0) is 22.5. The van der Waals surface area contributed by atoms with E-state index in [-0.39, 0.29) is 20.0 Å². The Morgan fingerprint density at radius 3 is 2.33 bits per heavy atom. The molecule has 0 aliphatic rings. The van der Waals surface area contributed by atoms with Gasteiger partial charge < -0.3 is 15.2 Å². The van der Waals surface area contributed by atoms with Crippen molar-refractivity contribution in [3.63, 3.8) is 0 Å². The van der Waals surface area contributed by atoms with E-state index in [1.54, 1.807) is 24.3 Å². The lowest BCUT2D eigenvalue weighted by molar-refractivity contribution is -0.151. The summed E-state index contributed by atoms with van der Waals surface area (Å²) in [4.78, 5) is 24.0. The van der Waals surface area contributed by atoms with Crippen molar-refractivity contribution in [3.8, 4) is 0 Å². The Kier molecular flexibility index (Phi) is 8.48. The topological polar surface area (TPSA) is 122 Å². The fourth-order valence-electron chi connectivity index (χ4n) is 2.20. The Balaban J connectivity index is 2.04. The van der Waals surface area contributed by atoms with Gasteiger partial charge in [0.1, 0.15) is 6.04 Å². The van der Waals surface area contributed by atoms with Crippen molar-refractivity contribution >= 4 is 62.4 Å². The Morgan fingerprint density at radius 1 is 1.07 bits per heavy atom. The van der Waals surface area contributed by atoms with Gasteiger partial charge in [-0.3, -0.25) is 9.59 Å². The number of halogens is 3. The molecule has 0 fully saturated rings. The van der Waals surface area contributed by atoms with Crippen molar-refractivity contribution < 1.29 is 27.9 Å². The average Bonchev–Trinajstić information content (AvgIpc) is 2.68. The van der Waals surface area contributed by atoms with E-state index in [0.29, 0.717) is 5.69 Å². The van der Waals surface area contributed by atoms with E-state index >= 15 is 0 Å². The van der Waals surface area contributed by atoms with Crippen molar-refractivity contribution in [1.82, 2.24) is 4.72 Å². The molecule has 0 spiro atoms. The van der Waals surface area contributed by atoms with Gasteiger partial charge in [0.15, 0.2) is 6.61 Å². The highest BCUT2D eigenvalue weighted by atomic mass is 35.5. The van der Waals surface area contributed by atoms with Gasteiger partial charge in [-0.1, -0.05) is 46.9 Å². The molecule has 0 aliphatic heterocycles. The van der Waals surface area contributed by atoms with Gasteiger partial charge in [0, 0.05) is 0 Å². The molecule has 3 N–H and O–H groups in total. The highest BCUT2D eigenvalue weighted by Crippen LogP contribution is 2.25. The number of para-hydroxylation sites is 1. The molecule has 0 saturated carbocycles. The molecular weight excluding hydrogens is 479 g/mol. The van der Waals surface area contributed by atoms with Crippen LogP contribution >= 0.6 is 34.8 Å². The van der Waals surface area contributed by atoms with Gasteiger partial charge >= 0.3 is 5.97 Å². The molecule has 0 saturated heterocycles. The minimum absolute atomic E-state index is 0.00745. The maximum atomic E-state index is 12.5. The second-order valence-corrected chi connectivity index (χ2v) is 8.99. The number of rotatable bonds is 8. The molecule has 2 atom stereocenters. The highest BCUT2D eigenvalue weighted by molar-refractivity contribution is 7.89. The summed E-state index contributed by atoms with van der Waals surface area (Å²) in [6.07, 6.45) is -1.46. The Bertz CT molecular complexity index is 1050. The van der Waals surface area contributed by atoms with Gasteiger partial charge in [0.05, 0.1) is 31.8 Å². The van der Waals surface area contributed by atoms with Crippen LogP contribution in [-0.2, 0) is 24.3 Å². The van der Waals surface area contributed by atoms with Crippen LogP contribution < -0.4 is 10.0 Å². The van der Waals surface area contributed by atoms with Gasteiger partial charge in [-0.25, -0.2) is 8.42 Å². The monoisotopic (exact) mass is 494 g/mol. The number of anilines is 1. The van der Waals surface area contributed by atoms with Gasteiger partial charge in [-0.15, -0.1) is 0 Å². The molecule has 2 aromatic carbocycles. The third-order valence-electron chi connectivity index (χ3n) is 3.71. The van der Waals surface area contributed by atoms with Crippen LogP contribution in [0.5, 0.6) is 0 Å². The molecule has 0 radical (unpaired) electrons. The molecule has 162 valence electrons. The molecule has 8 nitrogen and oxygen atoms in total. The molecule has 2 aromatic rings. The van der Waals surface area contributed by atoms with Crippen LogP contribution in [0, 0.1) is 0 Å². The number of sulfonamides is 1. The van der Waals surface area contributed by atoms with Crippen molar-refractivity contribution in [3.05, 3.63) is 57.5 Å². The summed E-state index contributed by atoms with van der Waals surface area (Å²) >= 11 is 17.5. The van der Waals surface area contributed by atoms with E-state index in [0.717, 1.165) is 6.07 Å². The summed E-state index contributed by atoms with van der Waals surface area (Å²) in [5.74, 6) is -1.85. The molecule has 0 bridgehead atoms. The second kappa shape index (κ2) is 10.4. The van der Waals surface area contributed by atoms with Crippen molar-refractivity contribution in [2.75, 3.05) is 11.9 Å². The normalized spacial score (nSPS) is 13.4. The Labute approximate surface area is 188 Å². The van der Waals surface area contributed by atoms with Crippen LogP contribution in [-0.4, -0.2) is 44.2 Å². The fraction of sp³-hybridized carbons (Fsp3) is 0.222. The number of aliphatic hydroxyl groups excluding tert-OH is 1. The number of aliphatic hydroxyl groups is 1. The third-order valence-corrected chi connectivity index (χ3v) is 6.22. The van der Waals surface area contributed by atoms with Crippen LogP contribution in [0.3, 0.4) is 0 Å². The summed E-state index contributed by atoms with van der Waals surface area (Å²) in [6, 6.07) is 8.30. The average molecular weight is 496 g/mol. The van der Waals surface area contributed by atoms with E-state index in [2.05, 4.69) is 5.32 Å². The number of nitrogens with one attached hydrogen (secondary N) is 2. The molecule has 30 heavy (non-hydrogen) atoms. The van der Waals surface area contributed by atoms with Gasteiger partial charge in [-0.2, -0.15) is 4.72 Å². The number of hydrogen-bond acceptors (Lipinski definition) is 6. The first-order valence-electron chi connectivity index (χ1n) is 8.37. The summed E-state index contributed by atoms with van der Waals surface area (Å²) in [7, 11) is -4.25. The van der Waals surface area contributed by atoms with Gasteiger partial charge in [-0.05, 0) is 37.3 Å². The van der Waals surface area contributed by atoms with Crippen LogP contribution in [0.1, 0.15) is 6.92 Å². The minimum Gasteiger partial charge on any atom is -0.454 e. The third kappa shape index (κ3) is 6.56. The molecule has 0 aromatic heterocycles. The van der Waals surface area contributed by atoms with Crippen molar-refractivity contribution in [2.24, 2.45) is 0 Å². The number of amides is 1. The fourth-order valence-corrected chi connectivity index (χ4v) is 4.03. The Hall–Kier alpha value is -1.88. The predicted octanol–water partition coefficient (Wildman–Crippen LogP) is 2.86. The summed E-state index contributed by atoms with van der Waals surface area (Å²) in [5.41, 5.74) is 0.313. The first-order valence-corrected chi connectivity index (χ1v) is 11.0.